The van der Waals surface area contributed by atoms with Crippen LogP contribution in [0, 0.1) is 11.3 Å². The van der Waals surface area contributed by atoms with Gasteiger partial charge in [-0.3, -0.25) is 9.69 Å². The van der Waals surface area contributed by atoms with Crippen molar-refractivity contribution in [1.82, 2.24) is 19.4 Å². The molecule has 2 atom stereocenters. The van der Waals surface area contributed by atoms with Gasteiger partial charge in [-0.15, -0.1) is 0 Å². The van der Waals surface area contributed by atoms with Gasteiger partial charge in [-0.1, -0.05) is 23.7 Å². The van der Waals surface area contributed by atoms with Gasteiger partial charge in [-0.25, -0.2) is 4.98 Å². The van der Waals surface area contributed by atoms with Crippen molar-refractivity contribution in [3.63, 3.8) is 0 Å². The summed E-state index contributed by atoms with van der Waals surface area (Å²) in [6.45, 7) is 8.66. The fourth-order valence-corrected chi connectivity index (χ4v) is 5.54. The van der Waals surface area contributed by atoms with Crippen LogP contribution in [-0.4, -0.2) is 51.4 Å². The quantitative estimate of drug-likeness (QED) is 0.689. The highest BCUT2D eigenvalue weighted by atomic mass is 35.5. The van der Waals surface area contributed by atoms with Crippen molar-refractivity contribution >= 4 is 17.5 Å². The van der Waals surface area contributed by atoms with Crippen molar-refractivity contribution in [3.05, 3.63) is 53.1 Å². The van der Waals surface area contributed by atoms with Gasteiger partial charge in [0.1, 0.15) is 0 Å². The summed E-state index contributed by atoms with van der Waals surface area (Å²) >= 11 is 6.21. The second-order valence-corrected chi connectivity index (χ2v) is 10.2. The summed E-state index contributed by atoms with van der Waals surface area (Å²) in [7, 11) is 0. The van der Waals surface area contributed by atoms with Crippen LogP contribution < -0.4 is 0 Å². The van der Waals surface area contributed by atoms with Crippen molar-refractivity contribution < 1.29 is 4.79 Å². The SMILES string of the molecule is CC(C)n1cnc([C@H]2CN(Cc3cccc(Cl)c3)C[C@]23CCN(CC2CC2)C3=O)c1. The molecular formula is C24H31ClN4O. The van der Waals surface area contributed by atoms with Gasteiger partial charge in [0.25, 0.3) is 0 Å². The van der Waals surface area contributed by atoms with Crippen LogP contribution in [-0.2, 0) is 11.3 Å². The van der Waals surface area contributed by atoms with Gasteiger partial charge in [-0.05, 0) is 56.7 Å². The van der Waals surface area contributed by atoms with Crippen LogP contribution in [0.1, 0.15) is 56.3 Å². The molecule has 2 aliphatic heterocycles. The Hall–Kier alpha value is -1.85. The number of likely N-dealkylation sites (tertiary alicyclic amines) is 2. The molecule has 2 aromatic rings. The van der Waals surface area contributed by atoms with Crippen molar-refractivity contribution in [1.29, 1.82) is 0 Å². The molecule has 30 heavy (non-hydrogen) atoms. The number of nitrogens with zero attached hydrogens (tertiary/aromatic N) is 4. The number of benzene rings is 1. The van der Waals surface area contributed by atoms with E-state index in [-0.39, 0.29) is 11.3 Å². The third kappa shape index (κ3) is 3.67. The lowest BCUT2D eigenvalue weighted by molar-refractivity contribution is -0.136. The average Bonchev–Trinajstić information content (AvgIpc) is 3.13. The molecule has 2 saturated heterocycles. The Morgan fingerprint density at radius 1 is 1.30 bits per heavy atom. The van der Waals surface area contributed by atoms with E-state index in [2.05, 4.69) is 40.5 Å². The Balaban J connectivity index is 1.43. The third-order valence-corrected chi connectivity index (χ3v) is 7.44. The highest BCUT2D eigenvalue weighted by Gasteiger charge is 2.58. The first-order valence-corrected chi connectivity index (χ1v) is 11.6. The Labute approximate surface area is 184 Å². The molecule has 1 aromatic carbocycles. The standard InChI is InChI=1S/C24H31ClN4O/c1-17(2)29-14-22(26-16-29)21-13-27(11-19-4-3-5-20(25)10-19)15-24(21)8-9-28(23(24)30)12-18-6-7-18/h3-5,10,14,16-18,21H,6-9,11-13,15H2,1-2H3/t21-,24-/m1/s1. The van der Waals surface area contributed by atoms with Crippen LogP contribution >= 0.6 is 11.6 Å². The number of aromatic nitrogens is 2. The molecule has 3 aliphatic rings. The van der Waals surface area contributed by atoms with Crippen LogP contribution in [0.4, 0.5) is 0 Å². The second-order valence-electron chi connectivity index (χ2n) is 9.79. The summed E-state index contributed by atoms with van der Waals surface area (Å²) in [5, 5.41) is 0.765. The maximum Gasteiger partial charge on any atom is 0.230 e. The molecule has 3 fully saturated rings. The van der Waals surface area contributed by atoms with Gasteiger partial charge >= 0.3 is 0 Å². The Bertz CT molecular complexity index is 937. The van der Waals surface area contributed by atoms with Crippen molar-refractivity contribution in [2.24, 2.45) is 11.3 Å². The molecule has 1 aliphatic carbocycles. The molecule has 1 amide bonds. The zero-order chi connectivity index (χ0) is 20.9. The summed E-state index contributed by atoms with van der Waals surface area (Å²) in [6.07, 6.45) is 7.58. The molecule has 6 heteroatoms. The van der Waals surface area contributed by atoms with E-state index in [4.69, 9.17) is 16.6 Å². The molecule has 1 aromatic heterocycles. The maximum absolute atomic E-state index is 13.7. The topological polar surface area (TPSA) is 41.4 Å². The number of hydrogen-bond donors (Lipinski definition) is 0. The summed E-state index contributed by atoms with van der Waals surface area (Å²) < 4.78 is 2.16. The van der Waals surface area contributed by atoms with E-state index in [9.17, 15) is 4.79 Å². The zero-order valence-electron chi connectivity index (χ0n) is 17.9. The molecule has 1 spiro atoms. The van der Waals surface area contributed by atoms with Gasteiger partial charge in [0, 0.05) is 55.9 Å². The van der Waals surface area contributed by atoms with Gasteiger partial charge in [-0.2, -0.15) is 0 Å². The van der Waals surface area contributed by atoms with E-state index in [1.807, 2.05) is 24.5 Å². The number of halogens is 1. The number of imidazole rings is 1. The number of hydrogen-bond acceptors (Lipinski definition) is 3. The van der Waals surface area contributed by atoms with Crippen LogP contribution in [0.15, 0.2) is 36.8 Å². The monoisotopic (exact) mass is 426 g/mol. The van der Waals surface area contributed by atoms with E-state index in [0.717, 1.165) is 55.8 Å². The Kier molecular flexibility index (Phi) is 5.14. The molecule has 0 radical (unpaired) electrons. The molecule has 160 valence electrons. The predicted molar refractivity (Wildman–Crippen MR) is 118 cm³/mol. The highest BCUT2D eigenvalue weighted by Crippen LogP contribution is 2.50. The summed E-state index contributed by atoms with van der Waals surface area (Å²) in [6, 6.07) is 8.44. The average molecular weight is 427 g/mol. The second kappa shape index (κ2) is 7.69. The summed E-state index contributed by atoms with van der Waals surface area (Å²) in [5.74, 6) is 1.23. The number of carbonyl (C=O) groups is 1. The smallest absolute Gasteiger partial charge is 0.230 e. The van der Waals surface area contributed by atoms with Crippen molar-refractivity contribution in [2.45, 2.75) is 51.6 Å². The first kappa shape index (κ1) is 20.1. The predicted octanol–water partition coefficient (Wildman–Crippen LogP) is 4.35. The van der Waals surface area contributed by atoms with Gasteiger partial charge in [0.15, 0.2) is 0 Å². The lowest BCUT2D eigenvalue weighted by Crippen LogP contribution is -2.40. The lowest BCUT2D eigenvalue weighted by Gasteiger charge is -2.28. The number of rotatable bonds is 6. The van der Waals surface area contributed by atoms with Gasteiger partial charge in [0.2, 0.25) is 5.91 Å². The van der Waals surface area contributed by atoms with Crippen LogP contribution in [0.2, 0.25) is 5.02 Å². The number of amides is 1. The number of carbonyl (C=O) groups excluding carboxylic acids is 1. The fraction of sp³-hybridized carbons (Fsp3) is 0.583. The van der Waals surface area contributed by atoms with Crippen LogP contribution in [0.25, 0.3) is 0 Å². The maximum atomic E-state index is 13.7. The normalized spacial score (nSPS) is 27.1. The Morgan fingerprint density at radius 3 is 2.83 bits per heavy atom. The zero-order valence-corrected chi connectivity index (χ0v) is 18.7. The molecule has 5 nitrogen and oxygen atoms in total. The molecule has 1 saturated carbocycles. The summed E-state index contributed by atoms with van der Waals surface area (Å²) in [4.78, 5) is 23.1. The van der Waals surface area contributed by atoms with E-state index in [0.29, 0.717) is 11.9 Å². The third-order valence-electron chi connectivity index (χ3n) is 7.20. The molecular weight excluding hydrogens is 396 g/mol. The van der Waals surface area contributed by atoms with Gasteiger partial charge < -0.3 is 9.47 Å². The van der Waals surface area contributed by atoms with Crippen molar-refractivity contribution in [3.8, 4) is 0 Å². The fourth-order valence-electron chi connectivity index (χ4n) is 5.33. The first-order valence-electron chi connectivity index (χ1n) is 11.2. The largest absolute Gasteiger partial charge is 0.342 e. The Morgan fingerprint density at radius 2 is 2.13 bits per heavy atom. The minimum atomic E-state index is -0.344. The van der Waals surface area contributed by atoms with Crippen LogP contribution in [0.5, 0.6) is 0 Å². The van der Waals surface area contributed by atoms with Crippen molar-refractivity contribution in [2.75, 3.05) is 26.2 Å². The van der Waals surface area contributed by atoms with E-state index < -0.39 is 0 Å². The molecule has 0 bridgehead atoms. The van der Waals surface area contributed by atoms with E-state index >= 15 is 0 Å². The first-order chi connectivity index (χ1) is 14.4. The minimum Gasteiger partial charge on any atom is -0.342 e. The van der Waals surface area contributed by atoms with E-state index in [1.54, 1.807) is 0 Å². The lowest BCUT2D eigenvalue weighted by atomic mass is 9.75. The van der Waals surface area contributed by atoms with Crippen LogP contribution in [0.3, 0.4) is 0 Å². The minimum absolute atomic E-state index is 0.147. The molecule has 0 unspecified atom stereocenters. The molecule has 5 rings (SSSR count). The molecule has 0 N–H and O–H groups in total. The highest BCUT2D eigenvalue weighted by molar-refractivity contribution is 6.30. The van der Waals surface area contributed by atoms with E-state index in [1.165, 1.54) is 18.4 Å². The van der Waals surface area contributed by atoms with Gasteiger partial charge in [0.05, 0.1) is 17.4 Å². The summed E-state index contributed by atoms with van der Waals surface area (Å²) in [5.41, 5.74) is 1.93. The molecule has 3 heterocycles.